The van der Waals surface area contributed by atoms with Gasteiger partial charge in [-0.3, -0.25) is 4.79 Å². The van der Waals surface area contributed by atoms with Gasteiger partial charge in [0.05, 0.1) is 12.3 Å². The fourth-order valence-corrected chi connectivity index (χ4v) is 3.54. The summed E-state index contributed by atoms with van der Waals surface area (Å²) in [7, 11) is 4.01. The predicted octanol–water partition coefficient (Wildman–Crippen LogP) is 3.95. The Hall–Kier alpha value is -2.57. The molecule has 0 saturated carbocycles. The van der Waals surface area contributed by atoms with Crippen molar-refractivity contribution >= 4 is 17.2 Å². The third-order valence-corrected chi connectivity index (χ3v) is 5.02. The Morgan fingerprint density at radius 1 is 1.19 bits per heavy atom. The number of thiophene rings is 1. The van der Waals surface area contributed by atoms with Crippen LogP contribution >= 0.6 is 11.3 Å². The van der Waals surface area contributed by atoms with Crippen LogP contribution in [0.2, 0.25) is 0 Å². The van der Waals surface area contributed by atoms with Crippen molar-refractivity contribution in [2.75, 3.05) is 20.6 Å². The van der Waals surface area contributed by atoms with E-state index in [4.69, 9.17) is 9.15 Å². The summed E-state index contributed by atoms with van der Waals surface area (Å²) < 4.78 is 11.1. The van der Waals surface area contributed by atoms with Gasteiger partial charge < -0.3 is 19.4 Å². The molecule has 1 atom stereocenters. The van der Waals surface area contributed by atoms with Gasteiger partial charge in [0, 0.05) is 17.0 Å². The van der Waals surface area contributed by atoms with Gasteiger partial charge in [-0.2, -0.15) is 0 Å². The first-order valence-electron chi connectivity index (χ1n) is 8.37. The number of carbonyl (C=O) groups excluding carboxylic acids is 1. The highest BCUT2D eigenvalue weighted by Crippen LogP contribution is 2.23. The second-order valence-electron chi connectivity index (χ2n) is 6.08. The van der Waals surface area contributed by atoms with Crippen molar-refractivity contribution in [3.05, 3.63) is 76.4 Å². The van der Waals surface area contributed by atoms with E-state index < -0.39 is 0 Å². The third-order valence-electron chi connectivity index (χ3n) is 4.04. The Bertz CT molecular complexity index is 813. The Morgan fingerprint density at radius 2 is 2.00 bits per heavy atom. The molecule has 26 heavy (non-hydrogen) atoms. The number of para-hydroxylation sites is 1. The Morgan fingerprint density at radius 3 is 2.69 bits per heavy atom. The minimum absolute atomic E-state index is 0.123. The van der Waals surface area contributed by atoms with E-state index in [0.29, 0.717) is 12.3 Å². The summed E-state index contributed by atoms with van der Waals surface area (Å²) >= 11 is 1.68. The highest BCUT2D eigenvalue weighted by atomic mass is 32.1. The van der Waals surface area contributed by atoms with Crippen molar-refractivity contribution in [1.29, 1.82) is 0 Å². The number of ether oxygens (including phenoxy) is 1. The number of nitrogens with one attached hydrogen (secondary N) is 1. The maximum atomic E-state index is 12.6. The molecular weight excluding hydrogens is 348 g/mol. The minimum Gasteiger partial charge on any atom is -0.489 e. The molecule has 3 aromatic rings. The number of nitrogens with zero attached hydrogens (tertiary/aromatic N) is 1. The average molecular weight is 370 g/mol. The fraction of sp³-hybridized carbons (Fsp3) is 0.250. The van der Waals surface area contributed by atoms with Gasteiger partial charge in [-0.05, 0) is 43.7 Å². The molecule has 6 heteroatoms. The van der Waals surface area contributed by atoms with Crippen molar-refractivity contribution in [2.24, 2.45) is 0 Å². The molecule has 5 nitrogen and oxygen atoms in total. The average Bonchev–Trinajstić information content (AvgIpc) is 3.32. The van der Waals surface area contributed by atoms with Crippen molar-refractivity contribution < 1.29 is 13.9 Å². The SMILES string of the molecule is CN(C)C(CNC(=O)c1occc1COc1ccccc1)c1cccs1. The molecule has 1 N–H and O–H groups in total. The summed E-state index contributed by atoms with van der Waals surface area (Å²) in [5, 5.41) is 5.01. The molecule has 136 valence electrons. The van der Waals surface area contributed by atoms with E-state index in [0.717, 1.165) is 11.3 Å². The van der Waals surface area contributed by atoms with Crippen LogP contribution < -0.4 is 10.1 Å². The number of hydrogen-bond acceptors (Lipinski definition) is 5. The quantitative estimate of drug-likeness (QED) is 0.652. The van der Waals surface area contributed by atoms with Crippen LogP contribution in [0.15, 0.2) is 64.6 Å². The van der Waals surface area contributed by atoms with Crippen molar-refractivity contribution in [3.8, 4) is 5.75 Å². The molecule has 1 amide bonds. The largest absolute Gasteiger partial charge is 0.489 e. The molecule has 0 aliphatic carbocycles. The summed E-state index contributed by atoms with van der Waals surface area (Å²) in [5.74, 6) is 0.820. The summed E-state index contributed by atoms with van der Waals surface area (Å²) in [4.78, 5) is 15.9. The summed E-state index contributed by atoms with van der Waals surface area (Å²) in [5.41, 5.74) is 0.726. The van der Waals surface area contributed by atoms with Crippen LogP contribution in [0.1, 0.15) is 27.0 Å². The second-order valence-corrected chi connectivity index (χ2v) is 7.06. The van der Waals surface area contributed by atoms with Gasteiger partial charge in [-0.25, -0.2) is 0 Å². The van der Waals surface area contributed by atoms with E-state index in [1.54, 1.807) is 17.4 Å². The van der Waals surface area contributed by atoms with Gasteiger partial charge in [0.15, 0.2) is 5.76 Å². The molecule has 2 heterocycles. The van der Waals surface area contributed by atoms with E-state index >= 15 is 0 Å². The number of benzene rings is 1. The van der Waals surface area contributed by atoms with Gasteiger partial charge in [-0.1, -0.05) is 24.3 Å². The lowest BCUT2D eigenvalue weighted by Gasteiger charge is -2.23. The zero-order valence-electron chi connectivity index (χ0n) is 14.8. The Balaban J connectivity index is 1.61. The first kappa shape index (κ1) is 18.2. The minimum atomic E-state index is -0.231. The predicted molar refractivity (Wildman–Crippen MR) is 103 cm³/mol. The molecule has 1 aromatic carbocycles. The maximum absolute atomic E-state index is 12.6. The molecule has 0 radical (unpaired) electrons. The number of likely N-dealkylation sites (N-methyl/N-ethyl adjacent to an activating group) is 1. The Labute approximate surface area is 157 Å². The van der Waals surface area contributed by atoms with Gasteiger partial charge in [0.25, 0.3) is 5.91 Å². The molecule has 0 saturated heterocycles. The van der Waals surface area contributed by atoms with E-state index in [1.807, 2.05) is 55.9 Å². The van der Waals surface area contributed by atoms with E-state index in [2.05, 4.69) is 16.3 Å². The topological polar surface area (TPSA) is 54.7 Å². The summed E-state index contributed by atoms with van der Waals surface area (Å²) in [6.45, 7) is 0.789. The monoisotopic (exact) mass is 370 g/mol. The Kier molecular flexibility index (Phi) is 6.09. The smallest absolute Gasteiger partial charge is 0.287 e. The summed E-state index contributed by atoms with van der Waals surface area (Å²) in [6.07, 6.45) is 1.52. The highest BCUT2D eigenvalue weighted by molar-refractivity contribution is 7.10. The molecule has 0 aliphatic rings. The zero-order chi connectivity index (χ0) is 18.4. The molecule has 0 aliphatic heterocycles. The van der Waals surface area contributed by atoms with Crippen LogP contribution in [0.25, 0.3) is 0 Å². The van der Waals surface area contributed by atoms with E-state index in [1.165, 1.54) is 11.1 Å². The highest BCUT2D eigenvalue weighted by Gasteiger charge is 2.20. The first-order valence-corrected chi connectivity index (χ1v) is 9.25. The molecular formula is C20H22N2O3S. The van der Waals surface area contributed by atoms with Gasteiger partial charge >= 0.3 is 0 Å². The third kappa shape index (κ3) is 4.53. The van der Waals surface area contributed by atoms with Crippen LogP contribution in [-0.2, 0) is 6.61 Å². The molecule has 3 rings (SSSR count). The van der Waals surface area contributed by atoms with Crippen LogP contribution in [0.4, 0.5) is 0 Å². The van der Waals surface area contributed by atoms with Gasteiger partial charge in [-0.15, -0.1) is 11.3 Å². The maximum Gasteiger partial charge on any atom is 0.287 e. The number of rotatable bonds is 8. The standard InChI is InChI=1S/C20H22N2O3S/c1-22(2)17(18-9-6-12-26-18)13-21-20(23)19-15(10-11-24-19)14-25-16-7-4-3-5-8-16/h3-12,17H,13-14H2,1-2H3,(H,21,23). The van der Waals surface area contributed by atoms with Crippen molar-refractivity contribution in [1.82, 2.24) is 10.2 Å². The number of amides is 1. The fourth-order valence-electron chi connectivity index (χ4n) is 2.61. The van der Waals surface area contributed by atoms with Crippen molar-refractivity contribution in [3.63, 3.8) is 0 Å². The summed E-state index contributed by atoms with van der Waals surface area (Å²) in [6, 6.07) is 15.5. The molecule has 1 unspecified atom stereocenters. The number of hydrogen-bond donors (Lipinski definition) is 1. The lowest BCUT2D eigenvalue weighted by Crippen LogP contribution is -2.34. The molecule has 0 bridgehead atoms. The lowest BCUT2D eigenvalue weighted by molar-refractivity contribution is 0.0911. The lowest BCUT2D eigenvalue weighted by atomic mass is 10.2. The number of furan rings is 1. The zero-order valence-corrected chi connectivity index (χ0v) is 15.7. The normalized spacial score (nSPS) is 12.1. The van der Waals surface area contributed by atoms with Crippen LogP contribution in [0.3, 0.4) is 0 Å². The van der Waals surface area contributed by atoms with Crippen LogP contribution in [0.5, 0.6) is 5.75 Å². The van der Waals surface area contributed by atoms with Gasteiger partial charge in [0.2, 0.25) is 0 Å². The second kappa shape index (κ2) is 8.69. The van der Waals surface area contributed by atoms with Gasteiger partial charge in [0.1, 0.15) is 12.4 Å². The first-order chi connectivity index (χ1) is 12.6. The van der Waals surface area contributed by atoms with Crippen LogP contribution in [-0.4, -0.2) is 31.4 Å². The van der Waals surface area contributed by atoms with E-state index in [-0.39, 0.29) is 18.6 Å². The molecule has 0 fully saturated rings. The number of carbonyl (C=O) groups is 1. The van der Waals surface area contributed by atoms with Crippen LogP contribution in [0, 0.1) is 0 Å². The molecule has 0 spiro atoms. The van der Waals surface area contributed by atoms with Crippen molar-refractivity contribution in [2.45, 2.75) is 12.6 Å². The van der Waals surface area contributed by atoms with E-state index in [9.17, 15) is 4.79 Å². The molecule has 2 aromatic heterocycles.